The summed E-state index contributed by atoms with van der Waals surface area (Å²) in [4.78, 5) is 22.8. The lowest BCUT2D eigenvalue weighted by Crippen LogP contribution is -2.35. The fraction of sp³-hybridized carbons (Fsp3) is 0.471. The van der Waals surface area contributed by atoms with E-state index in [1.807, 2.05) is 12.1 Å². The molecular weight excluding hydrogens is 278 g/mol. The summed E-state index contributed by atoms with van der Waals surface area (Å²) < 4.78 is 0. The first-order valence-electron chi connectivity index (χ1n) is 7.80. The third-order valence-corrected chi connectivity index (χ3v) is 5.45. The summed E-state index contributed by atoms with van der Waals surface area (Å²) in [5.41, 5.74) is 1.47. The number of aliphatic carboxylic acids is 1. The highest BCUT2D eigenvalue weighted by Crippen LogP contribution is 2.50. The van der Waals surface area contributed by atoms with Crippen molar-refractivity contribution in [2.75, 3.05) is 18.0 Å². The lowest BCUT2D eigenvalue weighted by atomic mass is 9.81. The van der Waals surface area contributed by atoms with Crippen LogP contribution in [0.15, 0.2) is 24.5 Å². The fourth-order valence-corrected chi connectivity index (χ4v) is 4.30. The Balaban J connectivity index is 1.80. The van der Waals surface area contributed by atoms with E-state index < -0.39 is 11.4 Å². The summed E-state index contributed by atoms with van der Waals surface area (Å²) in [6, 6.07) is 6.03. The maximum Gasteiger partial charge on any atom is 0.311 e. The highest BCUT2D eigenvalue weighted by atomic mass is 16.4. The Hall–Kier alpha value is -2.17. The monoisotopic (exact) mass is 297 g/mol. The minimum absolute atomic E-state index is 0.235. The number of nitrogens with zero attached hydrogens (tertiary/aromatic N) is 3. The minimum Gasteiger partial charge on any atom is -0.481 e. The van der Waals surface area contributed by atoms with Crippen molar-refractivity contribution in [2.24, 2.45) is 11.3 Å². The topological polar surface area (TPSA) is 66.3 Å². The van der Waals surface area contributed by atoms with Crippen LogP contribution in [0.25, 0.3) is 10.9 Å². The molecule has 0 amide bonds. The Labute approximate surface area is 129 Å². The van der Waals surface area contributed by atoms with E-state index in [4.69, 9.17) is 0 Å². The maximum absolute atomic E-state index is 11.9. The zero-order valence-electron chi connectivity index (χ0n) is 12.6. The summed E-state index contributed by atoms with van der Waals surface area (Å²) in [7, 11) is 0. The molecule has 0 bridgehead atoms. The van der Waals surface area contributed by atoms with E-state index in [0.29, 0.717) is 6.54 Å². The molecule has 5 nitrogen and oxygen atoms in total. The molecule has 5 heteroatoms. The normalized spacial score (nSPS) is 27.3. The smallest absolute Gasteiger partial charge is 0.311 e. The van der Waals surface area contributed by atoms with Gasteiger partial charge in [-0.05, 0) is 37.3 Å². The highest BCUT2D eigenvalue weighted by molar-refractivity contribution is 5.92. The molecule has 2 fully saturated rings. The van der Waals surface area contributed by atoms with Gasteiger partial charge in [-0.15, -0.1) is 0 Å². The number of fused-ring (bicyclic) bond motifs is 2. The van der Waals surface area contributed by atoms with Crippen LogP contribution in [0.3, 0.4) is 0 Å². The van der Waals surface area contributed by atoms with Crippen molar-refractivity contribution >= 4 is 22.7 Å². The van der Waals surface area contributed by atoms with Gasteiger partial charge in [0.15, 0.2) is 0 Å². The van der Waals surface area contributed by atoms with Gasteiger partial charge >= 0.3 is 5.97 Å². The van der Waals surface area contributed by atoms with Crippen LogP contribution in [0.1, 0.15) is 24.8 Å². The molecular formula is C17H19N3O2. The Bertz CT molecular complexity index is 755. The van der Waals surface area contributed by atoms with Crippen LogP contribution in [0, 0.1) is 18.3 Å². The van der Waals surface area contributed by atoms with Crippen LogP contribution in [-0.2, 0) is 4.79 Å². The molecule has 0 unspecified atom stereocenters. The average molecular weight is 297 g/mol. The number of carboxylic acid groups (broad SMARTS) is 1. The van der Waals surface area contributed by atoms with Crippen LogP contribution in [0.2, 0.25) is 0 Å². The molecule has 1 N–H and O–H groups in total. The van der Waals surface area contributed by atoms with Gasteiger partial charge in [0.2, 0.25) is 0 Å². The summed E-state index contributed by atoms with van der Waals surface area (Å²) in [5, 5.41) is 10.8. The number of aromatic nitrogens is 2. The first-order valence-corrected chi connectivity index (χ1v) is 7.80. The molecule has 22 heavy (non-hydrogen) atoms. The standard InChI is InChI=1S/C17H19N3O2/c1-11-4-2-6-13-14(11)15(19-10-18-13)20-8-12-5-3-7-17(12,9-20)16(21)22/h2,4,6,10,12H,3,5,7-9H2,1H3,(H,21,22)/t12-,17+/m0/s1. The Morgan fingerprint density at radius 3 is 3.05 bits per heavy atom. The summed E-state index contributed by atoms with van der Waals surface area (Å²) in [5.74, 6) is 0.477. The number of hydrogen-bond acceptors (Lipinski definition) is 4. The largest absolute Gasteiger partial charge is 0.481 e. The van der Waals surface area contributed by atoms with Crippen LogP contribution in [0.5, 0.6) is 0 Å². The van der Waals surface area contributed by atoms with E-state index in [2.05, 4.69) is 27.9 Å². The van der Waals surface area contributed by atoms with Gasteiger partial charge in [0.25, 0.3) is 0 Å². The molecule has 0 radical (unpaired) electrons. The molecule has 114 valence electrons. The third-order valence-electron chi connectivity index (χ3n) is 5.45. The number of anilines is 1. The van der Waals surface area contributed by atoms with Gasteiger partial charge in [-0.25, -0.2) is 9.97 Å². The Kier molecular flexibility index (Phi) is 2.86. The first kappa shape index (κ1) is 13.5. The second-order valence-electron chi connectivity index (χ2n) is 6.60. The lowest BCUT2D eigenvalue weighted by molar-refractivity contribution is -0.149. The molecule has 1 aliphatic carbocycles. The number of hydrogen-bond donors (Lipinski definition) is 1. The lowest BCUT2D eigenvalue weighted by Gasteiger charge is -2.24. The quantitative estimate of drug-likeness (QED) is 0.923. The van der Waals surface area contributed by atoms with Crippen LogP contribution >= 0.6 is 0 Å². The van der Waals surface area contributed by atoms with Gasteiger partial charge in [-0.2, -0.15) is 0 Å². The molecule has 1 aromatic heterocycles. The van der Waals surface area contributed by atoms with Crippen molar-refractivity contribution in [3.05, 3.63) is 30.1 Å². The van der Waals surface area contributed by atoms with E-state index in [1.165, 1.54) is 0 Å². The van der Waals surface area contributed by atoms with E-state index in [1.54, 1.807) is 6.33 Å². The molecule has 2 aromatic rings. The fourth-order valence-electron chi connectivity index (χ4n) is 4.30. The molecule has 1 saturated heterocycles. The van der Waals surface area contributed by atoms with Crippen molar-refractivity contribution in [2.45, 2.75) is 26.2 Å². The van der Waals surface area contributed by atoms with Crippen LogP contribution < -0.4 is 4.90 Å². The average Bonchev–Trinajstić information content (AvgIpc) is 3.05. The van der Waals surface area contributed by atoms with Gasteiger partial charge in [0.05, 0.1) is 10.9 Å². The molecule has 2 atom stereocenters. The molecule has 1 aliphatic heterocycles. The third kappa shape index (κ3) is 1.74. The molecule has 0 spiro atoms. The summed E-state index contributed by atoms with van der Waals surface area (Å²) in [6.45, 7) is 3.40. The molecule has 1 aromatic carbocycles. The van der Waals surface area contributed by atoms with E-state index in [0.717, 1.165) is 48.1 Å². The van der Waals surface area contributed by atoms with E-state index in [-0.39, 0.29) is 5.92 Å². The minimum atomic E-state index is -0.646. The summed E-state index contributed by atoms with van der Waals surface area (Å²) >= 11 is 0. The number of rotatable bonds is 2. The van der Waals surface area contributed by atoms with E-state index in [9.17, 15) is 9.90 Å². The summed E-state index contributed by atoms with van der Waals surface area (Å²) in [6.07, 6.45) is 4.39. The first-order chi connectivity index (χ1) is 10.6. The van der Waals surface area contributed by atoms with Gasteiger partial charge in [0, 0.05) is 18.5 Å². The second kappa shape index (κ2) is 4.66. The van der Waals surface area contributed by atoms with Crippen LogP contribution in [0.4, 0.5) is 5.82 Å². The number of carboxylic acids is 1. The molecule has 2 aliphatic rings. The predicted octanol–water partition coefficient (Wildman–Crippen LogP) is 2.63. The maximum atomic E-state index is 11.9. The van der Waals surface area contributed by atoms with Crippen molar-refractivity contribution < 1.29 is 9.90 Å². The van der Waals surface area contributed by atoms with E-state index >= 15 is 0 Å². The molecule has 1 saturated carbocycles. The molecule has 2 heterocycles. The second-order valence-corrected chi connectivity index (χ2v) is 6.60. The van der Waals surface area contributed by atoms with Gasteiger partial charge < -0.3 is 10.0 Å². The van der Waals surface area contributed by atoms with Crippen molar-refractivity contribution in [1.29, 1.82) is 0 Å². The number of aryl methyl sites for hydroxylation is 1. The number of benzene rings is 1. The van der Waals surface area contributed by atoms with Crippen molar-refractivity contribution in [3.63, 3.8) is 0 Å². The van der Waals surface area contributed by atoms with Gasteiger partial charge in [-0.1, -0.05) is 18.6 Å². The highest BCUT2D eigenvalue weighted by Gasteiger charge is 2.55. The van der Waals surface area contributed by atoms with Gasteiger partial charge in [-0.3, -0.25) is 4.79 Å². The van der Waals surface area contributed by atoms with Crippen molar-refractivity contribution in [3.8, 4) is 0 Å². The predicted molar refractivity (Wildman–Crippen MR) is 83.9 cm³/mol. The SMILES string of the molecule is Cc1cccc2ncnc(N3C[C@@H]4CCC[C@@]4(C(=O)O)C3)c12. The zero-order chi connectivity index (χ0) is 15.3. The van der Waals surface area contributed by atoms with Crippen molar-refractivity contribution in [1.82, 2.24) is 9.97 Å². The number of carbonyl (C=O) groups is 1. The van der Waals surface area contributed by atoms with Crippen LogP contribution in [-0.4, -0.2) is 34.1 Å². The Morgan fingerprint density at radius 2 is 2.27 bits per heavy atom. The van der Waals surface area contributed by atoms with Gasteiger partial charge in [0.1, 0.15) is 12.1 Å². The molecule has 4 rings (SSSR count). The Morgan fingerprint density at radius 1 is 1.41 bits per heavy atom. The zero-order valence-corrected chi connectivity index (χ0v) is 12.6.